The van der Waals surface area contributed by atoms with Gasteiger partial charge in [-0.2, -0.15) is 4.98 Å². The molecule has 1 aromatic heterocycles. The van der Waals surface area contributed by atoms with E-state index in [0.29, 0.717) is 41.4 Å². The van der Waals surface area contributed by atoms with E-state index in [0.717, 1.165) is 33.5 Å². The standard InChI is InChI=1S/C26H29BrN4O3S/c1-4-7-10-14-35-26-29-25-22(30-31-26)18-11-8-9-12-20(18)28-24(34-25)17-15-19(27)23(33-13-5-2)21(16-17)32-6-3/h5,8-9,11-12,15-16,24,28H,2,4,6-7,10,13-14H2,1,3H3/t24-/m1/s1. The molecule has 0 spiro atoms. The SMILES string of the molecule is C=CCOc1c(Br)cc([C@@H]2Nc3ccccc3-c3nnc(SCCCCC)nc3O2)cc1OCC. The predicted molar refractivity (Wildman–Crippen MR) is 144 cm³/mol. The van der Waals surface area contributed by atoms with Crippen molar-refractivity contribution in [2.75, 3.05) is 24.3 Å². The van der Waals surface area contributed by atoms with Crippen LogP contribution in [0.5, 0.6) is 17.4 Å². The molecule has 0 bridgehead atoms. The molecule has 9 heteroatoms. The van der Waals surface area contributed by atoms with E-state index in [1.165, 1.54) is 12.8 Å². The molecule has 35 heavy (non-hydrogen) atoms. The fourth-order valence-corrected chi connectivity index (χ4v) is 5.01. The summed E-state index contributed by atoms with van der Waals surface area (Å²) >= 11 is 5.24. The lowest BCUT2D eigenvalue weighted by Crippen LogP contribution is -2.17. The summed E-state index contributed by atoms with van der Waals surface area (Å²) in [5.74, 6) is 2.64. The molecule has 2 heterocycles. The van der Waals surface area contributed by atoms with Crippen molar-refractivity contribution >= 4 is 33.4 Å². The molecule has 0 unspecified atom stereocenters. The minimum absolute atomic E-state index is 0.373. The first-order chi connectivity index (χ1) is 17.1. The molecule has 2 aromatic carbocycles. The molecule has 0 amide bonds. The Balaban J connectivity index is 1.71. The average molecular weight is 558 g/mol. The number of nitrogens with zero attached hydrogens (tertiary/aromatic N) is 3. The molecule has 0 saturated heterocycles. The van der Waals surface area contributed by atoms with Crippen LogP contribution < -0.4 is 19.5 Å². The van der Waals surface area contributed by atoms with Crippen LogP contribution in [-0.4, -0.2) is 34.1 Å². The zero-order valence-electron chi connectivity index (χ0n) is 19.9. The van der Waals surface area contributed by atoms with Crippen molar-refractivity contribution < 1.29 is 14.2 Å². The summed E-state index contributed by atoms with van der Waals surface area (Å²) in [6, 6.07) is 11.8. The summed E-state index contributed by atoms with van der Waals surface area (Å²) in [7, 11) is 0. The zero-order valence-corrected chi connectivity index (χ0v) is 22.3. The molecule has 0 aliphatic carbocycles. The molecule has 0 saturated carbocycles. The van der Waals surface area contributed by atoms with Gasteiger partial charge in [0, 0.05) is 22.6 Å². The van der Waals surface area contributed by atoms with Crippen molar-refractivity contribution in [2.24, 2.45) is 0 Å². The second kappa shape index (κ2) is 12.3. The topological polar surface area (TPSA) is 78.4 Å². The van der Waals surface area contributed by atoms with Gasteiger partial charge in [-0.1, -0.05) is 62.4 Å². The number of nitrogens with one attached hydrogen (secondary N) is 1. The van der Waals surface area contributed by atoms with Crippen LogP contribution in [0.2, 0.25) is 0 Å². The maximum absolute atomic E-state index is 6.43. The van der Waals surface area contributed by atoms with E-state index in [-0.39, 0.29) is 0 Å². The van der Waals surface area contributed by atoms with E-state index in [1.807, 2.05) is 43.3 Å². The highest BCUT2D eigenvalue weighted by Gasteiger charge is 2.27. The van der Waals surface area contributed by atoms with Crippen LogP contribution in [0.1, 0.15) is 44.9 Å². The van der Waals surface area contributed by atoms with E-state index >= 15 is 0 Å². The average Bonchev–Trinajstić information content (AvgIpc) is 3.03. The summed E-state index contributed by atoms with van der Waals surface area (Å²) in [5.41, 5.74) is 3.24. The quantitative estimate of drug-likeness (QED) is 0.153. The fraction of sp³-hybridized carbons (Fsp3) is 0.346. The number of anilines is 1. The third-order valence-corrected chi connectivity index (χ3v) is 6.81. The molecule has 1 aliphatic heterocycles. The highest BCUT2D eigenvalue weighted by molar-refractivity contribution is 9.10. The Morgan fingerprint density at radius 2 is 2.03 bits per heavy atom. The highest BCUT2D eigenvalue weighted by atomic mass is 79.9. The maximum Gasteiger partial charge on any atom is 0.247 e. The molecule has 1 aliphatic rings. The molecule has 1 atom stereocenters. The van der Waals surface area contributed by atoms with Crippen molar-refractivity contribution in [2.45, 2.75) is 44.5 Å². The van der Waals surface area contributed by atoms with Crippen molar-refractivity contribution in [3.8, 4) is 28.6 Å². The minimum Gasteiger partial charge on any atom is -0.490 e. The first-order valence-corrected chi connectivity index (χ1v) is 13.5. The Hall–Kier alpha value is -2.78. The van der Waals surface area contributed by atoms with Crippen molar-refractivity contribution in [1.82, 2.24) is 15.2 Å². The third kappa shape index (κ3) is 6.08. The summed E-state index contributed by atoms with van der Waals surface area (Å²) in [6.07, 6.45) is 4.64. The number of para-hydroxylation sites is 1. The lowest BCUT2D eigenvalue weighted by molar-refractivity contribution is 0.223. The Bertz CT molecular complexity index is 1180. The molecule has 0 radical (unpaired) electrons. The Morgan fingerprint density at radius 3 is 2.83 bits per heavy atom. The number of ether oxygens (including phenoxy) is 3. The molecule has 184 valence electrons. The minimum atomic E-state index is -0.531. The number of unbranched alkanes of at least 4 members (excludes halogenated alkanes) is 2. The van der Waals surface area contributed by atoms with Crippen LogP contribution in [-0.2, 0) is 0 Å². The molecular weight excluding hydrogens is 528 g/mol. The van der Waals surface area contributed by atoms with Crippen molar-refractivity contribution in [3.05, 3.63) is 59.1 Å². The van der Waals surface area contributed by atoms with Gasteiger partial charge < -0.3 is 19.5 Å². The van der Waals surface area contributed by atoms with E-state index < -0.39 is 6.23 Å². The zero-order chi connectivity index (χ0) is 24.6. The second-order valence-corrected chi connectivity index (χ2v) is 9.77. The lowest BCUT2D eigenvalue weighted by atomic mass is 10.1. The summed E-state index contributed by atoms with van der Waals surface area (Å²) < 4.78 is 18.9. The maximum atomic E-state index is 6.43. The van der Waals surface area contributed by atoms with Gasteiger partial charge in [0.2, 0.25) is 11.0 Å². The van der Waals surface area contributed by atoms with Crippen LogP contribution in [0.3, 0.4) is 0 Å². The fourth-order valence-electron chi connectivity index (χ4n) is 3.66. The molecule has 3 aromatic rings. The van der Waals surface area contributed by atoms with Crippen LogP contribution in [0.25, 0.3) is 11.3 Å². The van der Waals surface area contributed by atoms with E-state index in [2.05, 4.69) is 44.9 Å². The third-order valence-electron chi connectivity index (χ3n) is 5.29. The van der Waals surface area contributed by atoms with Gasteiger partial charge in [0.25, 0.3) is 0 Å². The van der Waals surface area contributed by atoms with E-state index in [9.17, 15) is 0 Å². The molecule has 1 N–H and O–H groups in total. The number of hydrogen-bond acceptors (Lipinski definition) is 8. The van der Waals surface area contributed by atoms with E-state index in [1.54, 1.807) is 17.8 Å². The first kappa shape index (κ1) is 25.3. The first-order valence-electron chi connectivity index (χ1n) is 11.7. The highest BCUT2D eigenvalue weighted by Crippen LogP contribution is 2.43. The second-order valence-electron chi connectivity index (χ2n) is 7.85. The Labute approximate surface area is 218 Å². The number of halogens is 1. The van der Waals surface area contributed by atoms with Crippen LogP contribution in [0.15, 0.2) is 58.7 Å². The smallest absolute Gasteiger partial charge is 0.247 e. The molecule has 0 fully saturated rings. The largest absolute Gasteiger partial charge is 0.490 e. The van der Waals surface area contributed by atoms with Gasteiger partial charge in [-0.3, -0.25) is 0 Å². The van der Waals surface area contributed by atoms with Gasteiger partial charge in [-0.05, 0) is 47.5 Å². The number of thioether (sulfide) groups is 1. The van der Waals surface area contributed by atoms with Gasteiger partial charge in [0.15, 0.2) is 23.4 Å². The van der Waals surface area contributed by atoms with Gasteiger partial charge in [0.1, 0.15) is 6.61 Å². The van der Waals surface area contributed by atoms with Gasteiger partial charge in [-0.25, -0.2) is 0 Å². The van der Waals surface area contributed by atoms with Crippen LogP contribution >= 0.6 is 27.7 Å². The van der Waals surface area contributed by atoms with E-state index in [4.69, 9.17) is 19.2 Å². The molecular formula is C26H29BrN4O3S. The summed E-state index contributed by atoms with van der Waals surface area (Å²) in [6.45, 7) is 8.73. The van der Waals surface area contributed by atoms with Gasteiger partial charge >= 0.3 is 0 Å². The summed E-state index contributed by atoms with van der Waals surface area (Å²) in [4.78, 5) is 4.73. The van der Waals surface area contributed by atoms with Gasteiger partial charge in [-0.15, -0.1) is 10.2 Å². The Kier molecular flexibility index (Phi) is 8.87. The predicted octanol–water partition coefficient (Wildman–Crippen LogP) is 7.05. The van der Waals surface area contributed by atoms with Crippen LogP contribution in [0.4, 0.5) is 5.69 Å². The molecule has 4 rings (SSSR count). The van der Waals surface area contributed by atoms with Gasteiger partial charge in [0.05, 0.1) is 11.1 Å². The number of hydrogen-bond donors (Lipinski definition) is 1. The summed E-state index contributed by atoms with van der Waals surface area (Å²) in [5, 5.41) is 13.0. The number of aromatic nitrogens is 3. The van der Waals surface area contributed by atoms with Crippen LogP contribution in [0, 0.1) is 0 Å². The Morgan fingerprint density at radius 1 is 1.17 bits per heavy atom. The van der Waals surface area contributed by atoms with Crippen molar-refractivity contribution in [1.29, 1.82) is 0 Å². The normalized spacial score (nSPS) is 14.1. The lowest BCUT2D eigenvalue weighted by Gasteiger charge is -2.22. The monoisotopic (exact) mass is 556 g/mol. The molecule has 7 nitrogen and oxygen atoms in total. The number of benzene rings is 2. The number of fused-ring (bicyclic) bond motifs is 3. The van der Waals surface area contributed by atoms with Crippen molar-refractivity contribution in [3.63, 3.8) is 0 Å². The number of rotatable bonds is 11.